The number of carbonyl (C=O) groups excluding carboxylic acids is 1. The maximum atomic E-state index is 11.1. The normalized spacial score (nSPS) is 10.3. The second kappa shape index (κ2) is 5.87. The zero-order chi connectivity index (χ0) is 11.3. The SMILES string of the molecule is CCCOCn1cc(C(=O)OC)nc1Br. The van der Waals surface area contributed by atoms with E-state index in [9.17, 15) is 4.79 Å². The summed E-state index contributed by atoms with van der Waals surface area (Å²) < 4.78 is 12.1. The number of methoxy groups -OCH3 is 1. The molecule has 84 valence electrons. The standard InChI is InChI=1S/C9H13BrN2O3/c1-3-4-15-6-12-5-7(8(13)14-2)11-9(12)10/h5H,3-4,6H2,1-2H3. The average Bonchev–Trinajstić information content (AvgIpc) is 2.60. The minimum Gasteiger partial charge on any atom is -0.464 e. The lowest BCUT2D eigenvalue weighted by Crippen LogP contribution is -2.03. The number of esters is 1. The van der Waals surface area contributed by atoms with Crippen LogP contribution in [-0.2, 0) is 16.2 Å². The molecule has 0 radical (unpaired) electrons. The summed E-state index contributed by atoms with van der Waals surface area (Å²) in [5.41, 5.74) is 0.268. The molecule has 6 heteroatoms. The number of aromatic nitrogens is 2. The van der Waals surface area contributed by atoms with Crippen LogP contribution < -0.4 is 0 Å². The smallest absolute Gasteiger partial charge is 0.358 e. The van der Waals surface area contributed by atoms with Gasteiger partial charge in [-0.25, -0.2) is 9.78 Å². The molecule has 0 aromatic carbocycles. The first-order valence-electron chi connectivity index (χ1n) is 4.57. The van der Waals surface area contributed by atoms with E-state index < -0.39 is 5.97 Å². The molecular formula is C9H13BrN2O3. The van der Waals surface area contributed by atoms with Gasteiger partial charge in [0.1, 0.15) is 6.73 Å². The molecule has 1 heterocycles. The Balaban J connectivity index is 2.64. The molecule has 1 aromatic rings. The summed E-state index contributed by atoms with van der Waals surface area (Å²) in [6.45, 7) is 3.08. The first-order chi connectivity index (χ1) is 7.19. The summed E-state index contributed by atoms with van der Waals surface area (Å²) in [6, 6.07) is 0. The summed E-state index contributed by atoms with van der Waals surface area (Å²) in [5, 5.41) is 0. The molecule has 0 aliphatic carbocycles. The lowest BCUT2D eigenvalue weighted by atomic mass is 10.5. The van der Waals surface area contributed by atoms with Crippen LogP contribution in [0.1, 0.15) is 23.8 Å². The number of halogens is 1. The van der Waals surface area contributed by atoms with Crippen molar-refractivity contribution >= 4 is 21.9 Å². The Hall–Kier alpha value is -0.880. The summed E-state index contributed by atoms with van der Waals surface area (Å²) >= 11 is 3.23. The van der Waals surface area contributed by atoms with E-state index >= 15 is 0 Å². The molecule has 0 saturated carbocycles. The minimum absolute atomic E-state index is 0.268. The van der Waals surface area contributed by atoms with Crippen LogP contribution in [0.2, 0.25) is 0 Å². The van der Waals surface area contributed by atoms with Crippen LogP contribution in [0.5, 0.6) is 0 Å². The second-order valence-electron chi connectivity index (χ2n) is 2.89. The van der Waals surface area contributed by atoms with Gasteiger partial charge in [-0.2, -0.15) is 0 Å². The van der Waals surface area contributed by atoms with Crippen molar-refractivity contribution in [2.45, 2.75) is 20.1 Å². The van der Waals surface area contributed by atoms with Crippen molar-refractivity contribution in [3.63, 3.8) is 0 Å². The van der Waals surface area contributed by atoms with Gasteiger partial charge in [-0.3, -0.25) is 0 Å². The van der Waals surface area contributed by atoms with E-state index in [0.717, 1.165) is 6.42 Å². The molecule has 0 amide bonds. The van der Waals surface area contributed by atoms with E-state index in [1.165, 1.54) is 7.11 Å². The van der Waals surface area contributed by atoms with E-state index in [-0.39, 0.29) is 5.69 Å². The maximum Gasteiger partial charge on any atom is 0.358 e. The molecule has 0 saturated heterocycles. The highest BCUT2D eigenvalue weighted by Crippen LogP contribution is 2.11. The number of rotatable bonds is 5. The van der Waals surface area contributed by atoms with Crippen molar-refractivity contribution in [2.24, 2.45) is 0 Å². The van der Waals surface area contributed by atoms with Gasteiger partial charge in [0.2, 0.25) is 0 Å². The van der Waals surface area contributed by atoms with Gasteiger partial charge in [0.05, 0.1) is 7.11 Å². The van der Waals surface area contributed by atoms with E-state index in [2.05, 4.69) is 25.7 Å². The van der Waals surface area contributed by atoms with Crippen LogP contribution >= 0.6 is 15.9 Å². The highest BCUT2D eigenvalue weighted by molar-refractivity contribution is 9.10. The summed E-state index contributed by atoms with van der Waals surface area (Å²) in [4.78, 5) is 15.1. The van der Waals surface area contributed by atoms with Gasteiger partial charge in [-0.15, -0.1) is 0 Å². The minimum atomic E-state index is -0.454. The second-order valence-corrected chi connectivity index (χ2v) is 3.60. The Kier molecular flexibility index (Phi) is 4.77. The molecule has 0 fully saturated rings. The van der Waals surface area contributed by atoms with Crippen LogP contribution in [0.15, 0.2) is 10.9 Å². The monoisotopic (exact) mass is 276 g/mol. The largest absolute Gasteiger partial charge is 0.464 e. The quantitative estimate of drug-likeness (QED) is 0.608. The molecule has 0 spiro atoms. The van der Waals surface area contributed by atoms with Crippen LogP contribution in [-0.4, -0.2) is 29.2 Å². The Morgan fingerprint density at radius 3 is 3.00 bits per heavy atom. The Morgan fingerprint density at radius 2 is 2.40 bits per heavy atom. The fraction of sp³-hybridized carbons (Fsp3) is 0.556. The summed E-state index contributed by atoms with van der Waals surface area (Å²) in [5.74, 6) is -0.454. The third-order valence-corrected chi connectivity index (χ3v) is 2.33. The molecule has 0 aliphatic heterocycles. The van der Waals surface area contributed by atoms with Gasteiger partial charge < -0.3 is 14.0 Å². The van der Waals surface area contributed by atoms with Crippen molar-refractivity contribution in [3.8, 4) is 0 Å². The van der Waals surface area contributed by atoms with E-state index in [1.807, 2.05) is 6.92 Å². The Morgan fingerprint density at radius 1 is 1.67 bits per heavy atom. The lowest BCUT2D eigenvalue weighted by Gasteiger charge is -2.03. The van der Waals surface area contributed by atoms with Crippen molar-refractivity contribution in [1.82, 2.24) is 9.55 Å². The van der Waals surface area contributed by atoms with Crippen LogP contribution in [0.3, 0.4) is 0 Å². The van der Waals surface area contributed by atoms with E-state index in [4.69, 9.17) is 4.74 Å². The molecule has 0 bridgehead atoms. The fourth-order valence-electron chi connectivity index (χ4n) is 0.994. The molecule has 0 aliphatic rings. The van der Waals surface area contributed by atoms with Crippen LogP contribution in [0, 0.1) is 0 Å². The molecule has 0 atom stereocenters. The Bertz CT molecular complexity index is 338. The van der Waals surface area contributed by atoms with Gasteiger partial charge in [-0.05, 0) is 22.4 Å². The number of hydrogen-bond donors (Lipinski definition) is 0. The van der Waals surface area contributed by atoms with Gasteiger partial charge in [0, 0.05) is 12.8 Å². The van der Waals surface area contributed by atoms with E-state index in [0.29, 0.717) is 18.1 Å². The molecular weight excluding hydrogens is 264 g/mol. The van der Waals surface area contributed by atoms with Crippen molar-refractivity contribution in [1.29, 1.82) is 0 Å². The maximum absolute atomic E-state index is 11.1. The molecule has 1 rings (SSSR count). The predicted octanol–water partition coefficient (Wildman–Crippen LogP) is 1.82. The first-order valence-corrected chi connectivity index (χ1v) is 5.37. The van der Waals surface area contributed by atoms with E-state index in [1.54, 1.807) is 10.8 Å². The molecule has 1 aromatic heterocycles. The van der Waals surface area contributed by atoms with Gasteiger partial charge in [0.25, 0.3) is 0 Å². The summed E-state index contributed by atoms with van der Waals surface area (Å²) in [7, 11) is 1.32. The highest BCUT2D eigenvalue weighted by Gasteiger charge is 2.12. The number of ether oxygens (including phenoxy) is 2. The van der Waals surface area contributed by atoms with Crippen molar-refractivity contribution in [2.75, 3.05) is 13.7 Å². The molecule has 5 nitrogen and oxygen atoms in total. The first kappa shape index (κ1) is 12.2. The van der Waals surface area contributed by atoms with Gasteiger partial charge in [-0.1, -0.05) is 6.92 Å². The average molecular weight is 277 g/mol. The molecule has 15 heavy (non-hydrogen) atoms. The van der Waals surface area contributed by atoms with Gasteiger partial charge in [0.15, 0.2) is 10.4 Å². The topological polar surface area (TPSA) is 53.4 Å². The zero-order valence-corrected chi connectivity index (χ0v) is 10.3. The van der Waals surface area contributed by atoms with Crippen LogP contribution in [0.4, 0.5) is 0 Å². The fourth-order valence-corrected chi connectivity index (χ4v) is 1.39. The Labute approximate surface area is 96.5 Å². The zero-order valence-electron chi connectivity index (χ0n) is 8.70. The molecule has 0 unspecified atom stereocenters. The number of nitrogens with zero attached hydrogens (tertiary/aromatic N) is 2. The number of imidazole rings is 1. The third-order valence-electron chi connectivity index (χ3n) is 1.70. The lowest BCUT2D eigenvalue weighted by molar-refractivity contribution is 0.0592. The van der Waals surface area contributed by atoms with Gasteiger partial charge >= 0.3 is 5.97 Å². The molecule has 0 N–H and O–H groups in total. The third kappa shape index (κ3) is 3.32. The number of hydrogen-bond acceptors (Lipinski definition) is 4. The predicted molar refractivity (Wildman–Crippen MR) is 57.5 cm³/mol. The highest BCUT2D eigenvalue weighted by atomic mass is 79.9. The van der Waals surface area contributed by atoms with Crippen LogP contribution in [0.25, 0.3) is 0 Å². The number of carbonyl (C=O) groups is 1. The van der Waals surface area contributed by atoms with Crippen molar-refractivity contribution < 1.29 is 14.3 Å². The summed E-state index contributed by atoms with van der Waals surface area (Å²) in [6.07, 6.45) is 2.54. The van der Waals surface area contributed by atoms with Crippen molar-refractivity contribution in [3.05, 3.63) is 16.6 Å².